The van der Waals surface area contributed by atoms with Gasteiger partial charge in [-0.25, -0.2) is 0 Å². The van der Waals surface area contributed by atoms with E-state index in [0.29, 0.717) is 0 Å². The molecule has 0 saturated heterocycles. The Balaban J connectivity index is 1.33. The van der Waals surface area contributed by atoms with Crippen LogP contribution in [0.5, 0.6) is 0 Å². The van der Waals surface area contributed by atoms with Crippen molar-refractivity contribution in [1.82, 2.24) is 0 Å². The summed E-state index contributed by atoms with van der Waals surface area (Å²) in [5.41, 5.74) is 2.54. The average molecular weight is 377 g/mol. The maximum Gasteiger partial charge on any atom is 0.0285 e. The van der Waals surface area contributed by atoms with Gasteiger partial charge in [-0.2, -0.15) is 0 Å². The van der Waals surface area contributed by atoms with Crippen LogP contribution in [0.1, 0.15) is 90.4 Å². The van der Waals surface area contributed by atoms with E-state index in [1.54, 1.807) is 70.6 Å². The zero-order chi connectivity index (χ0) is 17.4. The van der Waals surface area contributed by atoms with Crippen molar-refractivity contribution in [1.29, 1.82) is 0 Å². The lowest BCUT2D eigenvalue weighted by Crippen LogP contribution is -2.41. The normalized spacial score (nSPS) is 46.0. The molecule has 0 amide bonds. The molecular formula is C23H44Si2. The number of unbranched alkanes of at least 4 members (excludes halogenated alkanes) is 1. The molecule has 2 heteroatoms. The minimum absolute atomic E-state index is 0.431. The van der Waals surface area contributed by atoms with Gasteiger partial charge in [-0.3, -0.25) is 0 Å². The minimum Gasteiger partial charge on any atom is -0.0739 e. The van der Waals surface area contributed by atoms with Crippen LogP contribution in [0.4, 0.5) is 0 Å². The van der Waals surface area contributed by atoms with Crippen molar-refractivity contribution in [2.75, 3.05) is 0 Å². The fraction of sp³-hybridized carbons (Fsp3) is 1.00. The lowest BCUT2D eigenvalue weighted by Gasteiger charge is -2.40. The van der Waals surface area contributed by atoms with Gasteiger partial charge in [0, 0.05) is 16.6 Å². The van der Waals surface area contributed by atoms with E-state index < -0.39 is 16.6 Å². The molecule has 4 aliphatic rings. The van der Waals surface area contributed by atoms with E-state index in [1.807, 2.05) is 0 Å². The van der Waals surface area contributed by atoms with Crippen LogP contribution in [-0.4, -0.2) is 16.6 Å². The Labute approximate surface area is 160 Å². The molecule has 0 aromatic carbocycles. The molecule has 0 aromatic rings. The summed E-state index contributed by atoms with van der Waals surface area (Å²) in [7, 11) is -0.881. The Kier molecular flexibility index (Phi) is 6.17. The maximum atomic E-state index is 2.87. The van der Waals surface area contributed by atoms with E-state index in [4.69, 9.17) is 0 Å². The van der Waals surface area contributed by atoms with Crippen molar-refractivity contribution in [3.05, 3.63) is 0 Å². The van der Waals surface area contributed by atoms with Gasteiger partial charge in [0.1, 0.15) is 0 Å². The SMILES string of the molecule is CCCCC1CCC([SiH](C)[SiH](C)C2CCC3CC4CCCC4CC32)C1. The summed E-state index contributed by atoms with van der Waals surface area (Å²) in [5.74, 6) is 5.87. The van der Waals surface area contributed by atoms with Crippen molar-refractivity contribution in [2.45, 2.75) is 115 Å². The molecule has 4 fully saturated rings. The molecule has 0 heterocycles. The molecule has 0 N–H and O–H groups in total. The predicted molar refractivity (Wildman–Crippen MR) is 117 cm³/mol. The predicted octanol–water partition coefficient (Wildman–Crippen LogP) is 6.75. The van der Waals surface area contributed by atoms with Crippen LogP contribution in [0.25, 0.3) is 0 Å². The zero-order valence-corrected chi connectivity index (χ0v) is 19.7. The molecule has 0 aromatic heterocycles. The zero-order valence-electron chi connectivity index (χ0n) is 17.4. The van der Waals surface area contributed by atoms with E-state index in [-0.39, 0.29) is 0 Å². The topological polar surface area (TPSA) is 0 Å². The third-order valence-electron chi connectivity index (χ3n) is 9.82. The fourth-order valence-corrected chi connectivity index (χ4v) is 20.7. The fourth-order valence-electron chi connectivity index (χ4n) is 8.14. The summed E-state index contributed by atoms with van der Waals surface area (Å²) in [4.78, 5) is 0. The van der Waals surface area contributed by atoms with E-state index in [2.05, 4.69) is 20.0 Å². The van der Waals surface area contributed by atoms with Crippen molar-refractivity contribution in [2.24, 2.45) is 29.6 Å². The van der Waals surface area contributed by atoms with Crippen LogP contribution in [-0.2, 0) is 0 Å². The molecule has 9 atom stereocenters. The van der Waals surface area contributed by atoms with Crippen molar-refractivity contribution in [3.8, 4) is 0 Å². The van der Waals surface area contributed by atoms with Gasteiger partial charge in [-0.05, 0) is 48.0 Å². The third-order valence-corrected chi connectivity index (χ3v) is 23.8. The molecule has 0 nitrogen and oxygen atoms in total. The summed E-state index contributed by atoms with van der Waals surface area (Å²) in [5, 5.41) is 0. The summed E-state index contributed by atoms with van der Waals surface area (Å²) >= 11 is 0. The second-order valence-electron chi connectivity index (χ2n) is 10.9. The van der Waals surface area contributed by atoms with Gasteiger partial charge in [0.25, 0.3) is 0 Å². The van der Waals surface area contributed by atoms with Crippen LogP contribution in [0, 0.1) is 29.6 Å². The first kappa shape index (κ1) is 18.8. The maximum absolute atomic E-state index is 2.87. The first-order valence-electron chi connectivity index (χ1n) is 12.2. The molecule has 4 aliphatic carbocycles. The highest BCUT2D eigenvalue weighted by Crippen LogP contribution is 2.57. The van der Waals surface area contributed by atoms with Gasteiger partial charge < -0.3 is 0 Å². The van der Waals surface area contributed by atoms with Crippen LogP contribution in [0.2, 0.25) is 24.2 Å². The van der Waals surface area contributed by atoms with Crippen LogP contribution >= 0.6 is 0 Å². The standard InChI is InChI=1S/C23H44Si2/c1-4-5-7-17-10-12-21(14-17)24(2)25(3)23-13-11-20-15-18-8-6-9-19(18)16-22(20)23/h17-25H,4-16H2,1-3H3. The monoisotopic (exact) mass is 376 g/mol. The second-order valence-corrected chi connectivity index (χ2v) is 22.4. The number of hydrogen-bond acceptors (Lipinski definition) is 0. The second kappa shape index (κ2) is 8.21. The van der Waals surface area contributed by atoms with Gasteiger partial charge in [-0.1, -0.05) is 96.2 Å². The third kappa shape index (κ3) is 3.86. The van der Waals surface area contributed by atoms with E-state index in [1.165, 1.54) is 47.6 Å². The van der Waals surface area contributed by atoms with Crippen molar-refractivity contribution >= 4 is 16.6 Å². The Bertz CT molecular complexity index is 436. The number of hydrogen-bond donors (Lipinski definition) is 0. The first-order chi connectivity index (χ1) is 12.2. The Morgan fingerprint density at radius 1 is 0.760 bits per heavy atom. The minimum atomic E-state index is -0.450. The van der Waals surface area contributed by atoms with E-state index >= 15 is 0 Å². The lowest BCUT2D eigenvalue weighted by molar-refractivity contribution is 0.156. The van der Waals surface area contributed by atoms with Crippen LogP contribution < -0.4 is 0 Å². The highest BCUT2D eigenvalue weighted by Gasteiger charge is 2.48. The number of fused-ring (bicyclic) bond motifs is 2. The Hall–Kier alpha value is 0.434. The molecule has 144 valence electrons. The summed E-state index contributed by atoms with van der Waals surface area (Å²) in [6, 6.07) is 0. The van der Waals surface area contributed by atoms with Gasteiger partial charge in [0.15, 0.2) is 0 Å². The molecule has 4 rings (SSSR count). The first-order valence-corrected chi connectivity index (χ1v) is 18.5. The molecule has 9 unspecified atom stereocenters. The largest absolute Gasteiger partial charge is 0.0739 e. The molecule has 4 saturated carbocycles. The quantitative estimate of drug-likeness (QED) is 0.450. The lowest BCUT2D eigenvalue weighted by atomic mass is 9.71. The van der Waals surface area contributed by atoms with Gasteiger partial charge >= 0.3 is 0 Å². The van der Waals surface area contributed by atoms with Crippen LogP contribution in [0.15, 0.2) is 0 Å². The number of rotatable bonds is 6. The highest BCUT2D eigenvalue weighted by molar-refractivity contribution is 7.22. The molecule has 0 aliphatic heterocycles. The van der Waals surface area contributed by atoms with Crippen LogP contribution in [0.3, 0.4) is 0 Å². The molecule has 0 bridgehead atoms. The van der Waals surface area contributed by atoms with Gasteiger partial charge in [-0.15, -0.1) is 0 Å². The van der Waals surface area contributed by atoms with E-state index in [0.717, 1.165) is 5.92 Å². The summed E-state index contributed by atoms with van der Waals surface area (Å²) in [6.07, 6.45) is 20.8. The Morgan fingerprint density at radius 3 is 2.36 bits per heavy atom. The van der Waals surface area contributed by atoms with Crippen molar-refractivity contribution < 1.29 is 0 Å². The average Bonchev–Trinajstić information content (AvgIpc) is 3.35. The molecule has 0 radical (unpaired) electrons. The van der Waals surface area contributed by atoms with Crippen molar-refractivity contribution in [3.63, 3.8) is 0 Å². The molecule has 0 spiro atoms. The summed E-state index contributed by atoms with van der Waals surface area (Å²) in [6.45, 7) is 8.08. The Morgan fingerprint density at radius 2 is 1.56 bits per heavy atom. The smallest absolute Gasteiger partial charge is 0.0285 e. The summed E-state index contributed by atoms with van der Waals surface area (Å²) < 4.78 is 0. The van der Waals surface area contributed by atoms with Gasteiger partial charge in [0.05, 0.1) is 0 Å². The highest BCUT2D eigenvalue weighted by atomic mass is 29.2. The molecular weight excluding hydrogens is 332 g/mol. The van der Waals surface area contributed by atoms with Gasteiger partial charge in [0.2, 0.25) is 0 Å². The molecule has 25 heavy (non-hydrogen) atoms. The van der Waals surface area contributed by atoms with E-state index in [9.17, 15) is 0 Å².